The predicted octanol–water partition coefficient (Wildman–Crippen LogP) is 4.55. The van der Waals surface area contributed by atoms with Crippen LogP contribution in [0.5, 0.6) is 23.0 Å². The van der Waals surface area contributed by atoms with Gasteiger partial charge in [0.05, 0.1) is 36.9 Å². The molecule has 0 aliphatic heterocycles. The average molecular weight is 371 g/mol. The van der Waals surface area contributed by atoms with Gasteiger partial charge in [-0.2, -0.15) is 0 Å². The van der Waals surface area contributed by atoms with Gasteiger partial charge in [0, 0.05) is 0 Å². The van der Waals surface area contributed by atoms with Gasteiger partial charge < -0.3 is 18.9 Å². The lowest BCUT2D eigenvalue weighted by Gasteiger charge is -2.14. The molecule has 2 aromatic carbocycles. The van der Waals surface area contributed by atoms with Crippen molar-refractivity contribution >= 4 is 29.2 Å². The molecular formula is C17H16Cl2O5. The van der Waals surface area contributed by atoms with Gasteiger partial charge in [0.2, 0.25) is 5.75 Å². The lowest BCUT2D eigenvalue weighted by atomic mass is 10.2. The van der Waals surface area contributed by atoms with E-state index in [1.54, 1.807) is 12.1 Å². The number of hydrogen-bond donors (Lipinski definition) is 0. The van der Waals surface area contributed by atoms with Crippen LogP contribution < -0.4 is 18.9 Å². The standard InChI is InChI=1S/C17H16Cl2O5/c1-9-5-11(18)15(12(19)6-9)24-17(20)10-7-13(21-2)16(23-4)14(8-10)22-3/h5-8H,1-4H3. The van der Waals surface area contributed by atoms with Gasteiger partial charge in [-0.1, -0.05) is 23.2 Å². The normalized spacial score (nSPS) is 10.2. The lowest BCUT2D eigenvalue weighted by Crippen LogP contribution is -2.10. The van der Waals surface area contributed by atoms with Crippen LogP contribution in [0.3, 0.4) is 0 Å². The lowest BCUT2D eigenvalue weighted by molar-refractivity contribution is 0.0734. The van der Waals surface area contributed by atoms with Gasteiger partial charge in [-0.3, -0.25) is 0 Å². The third-order valence-corrected chi connectivity index (χ3v) is 3.80. The van der Waals surface area contributed by atoms with E-state index in [2.05, 4.69) is 0 Å². The number of rotatable bonds is 5. The molecule has 0 atom stereocenters. The Morgan fingerprint density at radius 3 is 1.75 bits per heavy atom. The molecule has 0 heterocycles. The van der Waals surface area contributed by atoms with Crippen LogP contribution in [0.1, 0.15) is 15.9 Å². The molecule has 0 radical (unpaired) electrons. The van der Waals surface area contributed by atoms with Crippen LogP contribution in [-0.2, 0) is 0 Å². The molecule has 7 heteroatoms. The van der Waals surface area contributed by atoms with Crippen LogP contribution in [0.15, 0.2) is 24.3 Å². The van der Waals surface area contributed by atoms with Crippen molar-refractivity contribution in [3.63, 3.8) is 0 Å². The summed E-state index contributed by atoms with van der Waals surface area (Å²) in [5.41, 5.74) is 1.06. The van der Waals surface area contributed by atoms with E-state index in [4.69, 9.17) is 42.1 Å². The summed E-state index contributed by atoms with van der Waals surface area (Å²) in [7, 11) is 4.39. The van der Waals surface area contributed by atoms with E-state index in [0.717, 1.165) is 5.56 Å². The highest BCUT2D eigenvalue weighted by Crippen LogP contribution is 2.39. The molecule has 0 aliphatic carbocycles. The van der Waals surface area contributed by atoms with Crippen molar-refractivity contribution in [3.8, 4) is 23.0 Å². The van der Waals surface area contributed by atoms with Gasteiger partial charge in [-0.25, -0.2) is 4.79 Å². The smallest absolute Gasteiger partial charge is 0.343 e. The van der Waals surface area contributed by atoms with E-state index in [1.165, 1.54) is 33.5 Å². The van der Waals surface area contributed by atoms with Crippen molar-refractivity contribution in [1.82, 2.24) is 0 Å². The minimum absolute atomic E-state index is 0.0997. The number of methoxy groups -OCH3 is 3. The molecule has 0 amide bonds. The molecule has 0 fully saturated rings. The third kappa shape index (κ3) is 3.68. The molecular weight excluding hydrogens is 355 g/mol. The van der Waals surface area contributed by atoms with E-state index in [1.807, 2.05) is 6.92 Å². The van der Waals surface area contributed by atoms with Crippen LogP contribution >= 0.6 is 23.2 Å². The summed E-state index contributed by atoms with van der Waals surface area (Å²) in [5.74, 6) is 0.502. The first-order valence-electron chi connectivity index (χ1n) is 6.89. The minimum Gasteiger partial charge on any atom is -0.493 e. The van der Waals surface area contributed by atoms with E-state index >= 15 is 0 Å². The largest absolute Gasteiger partial charge is 0.493 e. The highest BCUT2D eigenvalue weighted by molar-refractivity contribution is 6.37. The van der Waals surface area contributed by atoms with Gasteiger partial charge in [-0.15, -0.1) is 0 Å². The Bertz CT molecular complexity index is 726. The molecule has 2 rings (SSSR count). The predicted molar refractivity (Wildman–Crippen MR) is 92.3 cm³/mol. The maximum Gasteiger partial charge on any atom is 0.343 e. The highest BCUT2D eigenvalue weighted by Gasteiger charge is 2.20. The van der Waals surface area contributed by atoms with Crippen LogP contribution in [0.25, 0.3) is 0 Å². The molecule has 0 N–H and O–H groups in total. The molecule has 5 nitrogen and oxygen atoms in total. The van der Waals surface area contributed by atoms with Crippen molar-refractivity contribution < 1.29 is 23.7 Å². The molecule has 0 bridgehead atoms. The third-order valence-electron chi connectivity index (χ3n) is 3.24. The number of carbonyl (C=O) groups excluding carboxylic acids is 1. The van der Waals surface area contributed by atoms with E-state index in [9.17, 15) is 4.79 Å². The fraction of sp³-hybridized carbons (Fsp3) is 0.235. The Labute approximate surface area is 150 Å². The van der Waals surface area contributed by atoms with Crippen LogP contribution in [-0.4, -0.2) is 27.3 Å². The summed E-state index contributed by atoms with van der Waals surface area (Å²) in [6.45, 7) is 1.84. The monoisotopic (exact) mass is 370 g/mol. The number of ether oxygens (including phenoxy) is 4. The molecule has 2 aromatic rings. The zero-order valence-corrected chi connectivity index (χ0v) is 15.1. The fourth-order valence-corrected chi connectivity index (χ4v) is 2.81. The van der Waals surface area contributed by atoms with Crippen LogP contribution in [0, 0.1) is 6.92 Å². The van der Waals surface area contributed by atoms with Gasteiger partial charge in [0.1, 0.15) is 0 Å². The molecule has 0 aliphatic rings. The highest BCUT2D eigenvalue weighted by atomic mass is 35.5. The van der Waals surface area contributed by atoms with Gasteiger partial charge in [0.25, 0.3) is 0 Å². The zero-order valence-electron chi connectivity index (χ0n) is 13.6. The second-order valence-electron chi connectivity index (χ2n) is 4.86. The number of hydrogen-bond acceptors (Lipinski definition) is 5. The summed E-state index contributed by atoms with van der Waals surface area (Å²) < 4.78 is 21.0. The van der Waals surface area contributed by atoms with Crippen molar-refractivity contribution in [1.29, 1.82) is 0 Å². The molecule has 0 spiro atoms. The second-order valence-corrected chi connectivity index (χ2v) is 5.68. The molecule has 128 valence electrons. The van der Waals surface area contributed by atoms with Gasteiger partial charge in [-0.05, 0) is 36.8 Å². The number of carbonyl (C=O) groups is 1. The molecule has 24 heavy (non-hydrogen) atoms. The fourth-order valence-electron chi connectivity index (χ4n) is 2.13. The summed E-state index contributed by atoms with van der Waals surface area (Å²) in [6.07, 6.45) is 0. The topological polar surface area (TPSA) is 54.0 Å². The number of halogens is 2. The maximum absolute atomic E-state index is 12.4. The van der Waals surface area contributed by atoms with Crippen LogP contribution in [0.4, 0.5) is 0 Å². The summed E-state index contributed by atoms with van der Waals surface area (Å²) >= 11 is 12.2. The summed E-state index contributed by atoms with van der Waals surface area (Å²) in [6, 6.07) is 6.29. The summed E-state index contributed by atoms with van der Waals surface area (Å²) in [5, 5.41) is 0.501. The number of benzene rings is 2. The number of esters is 1. The molecule has 0 saturated carbocycles. The molecule has 0 unspecified atom stereocenters. The van der Waals surface area contributed by atoms with Crippen molar-refractivity contribution in [2.24, 2.45) is 0 Å². The van der Waals surface area contributed by atoms with Crippen molar-refractivity contribution in [2.45, 2.75) is 6.92 Å². The minimum atomic E-state index is -0.651. The van der Waals surface area contributed by atoms with Gasteiger partial charge in [0.15, 0.2) is 17.2 Å². The Kier molecular flexibility index (Phi) is 5.80. The molecule has 0 saturated heterocycles. The van der Waals surface area contributed by atoms with Crippen molar-refractivity contribution in [2.75, 3.05) is 21.3 Å². The quantitative estimate of drug-likeness (QED) is 0.570. The van der Waals surface area contributed by atoms with E-state index < -0.39 is 5.97 Å². The zero-order chi connectivity index (χ0) is 17.9. The first-order chi connectivity index (χ1) is 11.4. The van der Waals surface area contributed by atoms with Crippen molar-refractivity contribution in [3.05, 3.63) is 45.4 Å². The average Bonchev–Trinajstić information content (AvgIpc) is 2.56. The Hall–Kier alpha value is -2.11. The molecule has 0 aromatic heterocycles. The van der Waals surface area contributed by atoms with E-state index in [0.29, 0.717) is 17.2 Å². The Morgan fingerprint density at radius 2 is 1.33 bits per heavy atom. The Balaban J connectivity index is 2.40. The number of aryl methyl sites for hydroxylation is 1. The van der Waals surface area contributed by atoms with E-state index in [-0.39, 0.29) is 21.4 Å². The van der Waals surface area contributed by atoms with Gasteiger partial charge >= 0.3 is 5.97 Å². The maximum atomic E-state index is 12.4. The second kappa shape index (κ2) is 7.64. The first kappa shape index (κ1) is 18.2. The van der Waals surface area contributed by atoms with Crippen LogP contribution in [0.2, 0.25) is 10.0 Å². The Morgan fingerprint density at radius 1 is 0.833 bits per heavy atom. The first-order valence-corrected chi connectivity index (χ1v) is 7.64. The SMILES string of the molecule is COc1cc(C(=O)Oc2c(Cl)cc(C)cc2Cl)cc(OC)c1OC. The summed E-state index contributed by atoms with van der Waals surface area (Å²) in [4.78, 5) is 12.4.